The number of nitrogens with two attached hydrogens (primary N) is 1. The van der Waals surface area contributed by atoms with Gasteiger partial charge in [-0.25, -0.2) is 5.01 Å². The van der Waals surface area contributed by atoms with Crippen molar-refractivity contribution in [1.82, 2.24) is 25.9 Å². The molecule has 1 saturated heterocycles. The zero-order chi connectivity index (χ0) is 12.0. The first kappa shape index (κ1) is 13.2. The number of hydrogen-bond donors (Lipinski definition) is 5. The van der Waals surface area contributed by atoms with Crippen LogP contribution in [0.3, 0.4) is 0 Å². The Hall–Kier alpha value is -0.890. The Morgan fingerprint density at radius 1 is 1.56 bits per heavy atom. The van der Waals surface area contributed by atoms with Gasteiger partial charge in [-0.15, -0.1) is 0 Å². The van der Waals surface area contributed by atoms with Crippen molar-refractivity contribution in [2.45, 2.75) is 12.7 Å². The van der Waals surface area contributed by atoms with E-state index in [4.69, 9.17) is 11.3 Å². The highest BCUT2D eigenvalue weighted by molar-refractivity contribution is 5.75. The SMILES string of the molecule is CN(C)C(=N)NCCCNC1NCCN1N. The largest absolute Gasteiger partial charge is 0.356 e. The van der Waals surface area contributed by atoms with Crippen LogP contribution in [0.1, 0.15) is 6.42 Å². The fraction of sp³-hybridized carbons (Fsp3) is 0.889. The summed E-state index contributed by atoms with van der Waals surface area (Å²) in [7, 11) is 3.70. The van der Waals surface area contributed by atoms with Crippen molar-refractivity contribution < 1.29 is 0 Å². The molecule has 0 aromatic rings. The molecule has 0 aliphatic carbocycles. The van der Waals surface area contributed by atoms with Gasteiger partial charge in [0.15, 0.2) is 5.96 Å². The molecular formula is C9H23N7. The molecule has 0 bridgehead atoms. The van der Waals surface area contributed by atoms with Crippen LogP contribution in [0, 0.1) is 5.41 Å². The van der Waals surface area contributed by atoms with E-state index in [1.807, 2.05) is 14.1 Å². The third-order valence-electron chi connectivity index (χ3n) is 2.47. The van der Waals surface area contributed by atoms with Crippen molar-refractivity contribution >= 4 is 5.96 Å². The molecule has 94 valence electrons. The predicted molar refractivity (Wildman–Crippen MR) is 64.7 cm³/mol. The summed E-state index contributed by atoms with van der Waals surface area (Å²) in [6.45, 7) is 3.47. The van der Waals surface area contributed by atoms with E-state index >= 15 is 0 Å². The zero-order valence-corrected chi connectivity index (χ0v) is 10.1. The van der Waals surface area contributed by atoms with Crippen molar-refractivity contribution in [2.75, 3.05) is 40.3 Å². The van der Waals surface area contributed by atoms with Gasteiger partial charge in [-0.05, 0) is 13.0 Å². The maximum absolute atomic E-state index is 7.53. The van der Waals surface area contributed by atoms with Crippen molar-refractivity contribution in [3.8, 4) is 0 Å². The lowest BCUT2D eigenvalue weighted by Crippen LogP contribution is -2.51. The number of guanidine groups is 1. The highest BCUT2D eigenvalue weighted by atomic mass is 15.6. The van der Waals surface area contributed by atoms with E-state index in [2.05, 4.69) is 16.0 Å². The van der Waals surface area contributed by atoms with E-state index in [0.717, 1.165) is 32.6 Å². The lowest BCUT2D eigenvalue weighted by molar-refractivity contribution is 0.209. The number of nitrogens with one attached hydrogen (secondary N) is 4. The third-order valence-corrected chi connectivity index (χ3v) is 2.47. The molecule has 1 rings (SSSR count). The standard InChI is InChI=1S/C9H23N7/c1-15(2)8(10)12-4-3-5-13-9-14-6-7-16(9)11/h9,13-14H,3-7,11H2,1-2H3,(H2,10,12). The monoisotopic (exact) mass is 229 g/mol. The normalized spacial score (nSPS) is 21.1. The van der Waals surface area contributed by atoms with Crippen LogP contribution in [0.2, 0.25) is 0 Å². The average molecular weight is 229 g/mol. The second-order valence-corrected chi connectivity index (χ2v) is 4.07. The van der Waals surface area contributed by atoms with Crippen molar-refractivity contribution in [3.63, 3.8) is 0 Å². The number of nitrogens with zero attached hydrogens (tertiary/aromatic N) is 2. The lowest BCUT2D eigenvalue weighted by Gasteiger charge is -2.20. The van der Waals surface area contributed by atoms with E-state index in [9.17, 15) is 0 Å². The molecule has 0 saturated carbocycles. The zero-order valence-electron chi connectivity index (χ0n) is 10.1. The molecule has 1 unspecified atom stereocenters. The van der Waals surface area contributed by atoms with E-state index in [1.165, 1.54) is 0 Å². The quantitative estimate of drug-likeness (QED) is 0.164. The van der Waals surface area contributed by atoms with Gasteiger partial charge < -0.3 is 10.2 Å². The smallest absolute Gasteiger partial charge is 0.190 e. The van der Waals surface area contributed by atoms with Crippen LogP contribution >= 0.6 is 0 Å². The van der Waals surface area contributed by atoms with Gasteiger partial charge in [-0.1, -0.05) is 0 Å². The molecule has 7 heteroatoms. The van der Waals surface area contributed by atoms with Gasteiger partial charge in [-0.2, -0.15) is 0 Å². The molecule has 7 nitrogen and oxygen atoms in total. The molecule has 0 amide bonds. The fourth-order valence-corrected chi connectivity index (χ4v) is 1.46. The first-order valence-corrected chi connectivity index (χ1v) is 5.59. The second-order valence-electron chi connectivity index (χ2n) is 4.07. The molecule has 0 spiro atoms. The van der Waals surface area contributed by atoms with Crippen LogP contribution in [-0.2, 0) is 0 Å². The van der Waals surface area contributed by atoms with Gasteiger partial charge in [0.2, 0.25) is 0 Å². The maximum atomic E-state index is 7.53. The highest BCUT2D eigenvalue weighted by Gasteiger charge is 2.18. The molecule has 1 aliphatic rings. The molecule has 1 heterocycles. The summed E-state index contributed by atoms with van der Waals surface area (Å²) in [5, 5.41) is 18.9. The average Bonchev–Trinajstić information content (AvgIpc) is 2.63. The van der Waals surface area contributed by atoms with E-state index < -0.39 is 0 Å². The fourth-order valence-electron chi connectivity index (χ4n) is 1.46. The summed E-state index contributed by atoms with van der Waals surface area (Å²) in [5.41, 5.74) is 0. The highest BCUT2D eigenvalue weighted by Crippen LogP contribution is 1.92. The summed E-state index contributed by atoms with van der Waals surface area (Å²) >= 11 is 0. The minimum absolute atomic E-state index is 0.0910. The van der Waals surface area contributed by atoms with Crippen LogP contribution < -0.4 is 21.8 Å². The number of hydrazine groups is 1. The molecule has 0 radical (unpaired) electrons. The topological polar surface area (TPSA) is 92.4 Å². The van der Waals surface area contributed by atoms with E-state index in [-0.39, 0.29) is 6.29 Å². The van der Waals surface area contributed by atoms with Gasteiger partial charge in [-0.3, -0.25) is 21.9 Å². The maximum Gasteiger partial charge on any atom is 0.190 e. The van der Waals surface area contributed by atoms with Crippen molar-refractivity contribution in [2.24, 2.45) is 5.84 Å². The summed E-state index contributed by atoms with van der Waals surface area (Å²) in [5.74, 6) is 6.18. The van der Waals surface area contributed by atoms with Gasteiger partial charge in [0.1, 0.15) is 6.29 Å². The van der Waals surface area contributed by atoms with Crippen molar-refractivity contribution in [3.05, 3.63) is 0 Å². The minimum atomic E-state index is 0.0910. The first-order valence-electron chi connectivity index (χ1n) is 5.59. The molecule has 6 N–H and O–H groups in total. The molecule has 0 aromatic carbocycles. The number of hydrogen-bond acceptors (Lipinski definition) is 5. The second kappa shape index (κ2) is 6.64. The van der Waals surface area contributed by atoms with Crippen LogP contribution in [0.4, 0.5) is 0 Å². The minimum Gasteiger partial charge on any atom is -0.356 e. The Balaban J connectivity index is 1.97. The van der Waals surface area contributed by atoms with E-state index in [1.54, 1.807) is 9.91 Å². The molecule has 1 atom stereocenters. The summed E-state index contributed by atoms with van der Waals surface area (Å²) in [6, 6.07) is 0. The predicted octanol–water partition coefficient (Wildman–Crippen LogP) is -1.89. The summed E-state index contributed by atoms with van der Waals surface area (Å²) in [6.07, 6.45) is 1.05. The van der Waals surface area contributed by atoms with Crippen LogP contribution in [0.25, 0.3) is 0 Å². The van der Waals surface area contributed by atoms with E-state index in [0.29, 0.717) is 5.96 Å². The Morgan fingerprint density at radius 2 is 2.31 bits per heavy atom. The molecule has 1 aliphatic heterocycles. The molecule has 16 heavy (non-hydrogen) atoms. The van der Waals surface area contributed by atoms with Gasteiger partial charge in [0.25, 0.3) is 0 Å². The van der Waals surface area contributed by atoms with Crippen LogP contribution in [0.5, 0.6) is 0 Å². The van der Waals surface area contributed by atoms with Gasteiger partial charge >= 0.3 is 0 Å². The Kier molecular flexibility index (Phi) is 5.47. The van der Waals surface area contributed by atoms with Gasteiger partial charge in [0.05, 0.1) is 0 Å². The lowest BCUT2D eigenvalue weighted by atomic mass is 10.4. The Bertz CT molecular complexity index is 218. The summed E-state index contributed by atoms with van der Waals surface area (Å²) in [4.78, 5) is 1.74. The summed E-state index contributed by atoms with van der Waals surface area (Å²) < 4.78 is 0. The van der Waals surface area contributed by atoms with Gasteiger partial charge in [0, 0.05) is 33.7 Å². The Labute approximate surface area is 96.8 Å². The molecule has 0 aromatic heterocycles. The van der Waals surface area contributed by atoms with Crippen LogP contribution in [0.15, 0.2) is 0 Å². The molecular weight excluding hydrogens is 206 g/mol. The number of rotatable bonds is 5. The third kappa shape index (κ3) is 4.31. The first-order chi connectivity index (χ1) is 7.61. The van der Waals surface area contributed by atoms with Crippen molar-refractivity contribution in [1.29, 1.82) is 5.41 Å². The Morgan fingerprint density at radius 3 is 2.88 bits per heavy atom. The van der Waals surface area contributed by atoms with Crippen LogP contribution in [-0.4, -0.2) is 62.4 Å². The molecule has 1 fully saturated rings.